The Morgan fingerprint density at radius 3 is 2.14 bits per heavy atom. The molecule has 84 valence electrons. The smallest absolute Gasteiger partial charge is 0.229 e. The van der Waals surface area contributed by atoms with Crippen molar-refractivity contribution in [1.82, 2.24) is 0 Å². The molecule has 0 amide bonds. The third-order valence-corrected chi connectivity index (χ3v) is 3.59. The van der Waals surface area contributed by atoms with Crippen LogP contribution in [0.15, 0.2) is 0 Å². The van der Waals surface area contributed by atoms with Crippen molar-refractivity contribution in [2.45, 2.75) is 25.9 Å². The van der Waals surface area contributed by atoms with E-state index in [9.17, 15) is 21.6 Å². The quantitative estimate of drug-likeness (QED) is 0.777. The number of rotatable bonds is 2. The lowest BCUT2D eigenvalue weighted by molar-refractivity contribution is -0.216. The summed E-state index contributed by atoms with van der Waals surface area (Å²) in [6.45, 7) is 1.51. The summed E-state index contributed by atoms with van der Waals surface area (Å²) in [5, 5.41) is 4.78. The zero-order chi connectivity index (χ0) is 11.2. The fourth-order valence-corrected chi connectivity index (χ4v) is 3.17. The first-order valence-electron chi connectivity index (χ1n) is 4.09. The summed E-state index contributed by atoms with van der Waals surface area (Å²) in [6.07, 6.45) is -4.50. The van der Waals surface area contributed by atoms with Crippen LogP contribution in [0.3, 0.4) is 0 Å². The van der Waals surface area contributed by atoms with E-state index in [1.165, 1.54) is 6.92 Å². The van der Waals surface area contributed by atoms with E-state index < -0.39 is 27.5 Å². The maximum absolute atomic E-state index is 12.1. The molecule has 0 aromatic heterocycles. The van der Waals surface area contributed by atoms with Crippen molar-refractivity contribution in [3.63, 3.8) is 0 Å². The van der Waals surface area contributed by atoms with Gasteiger partial charge in [0.2, 0.25) is 10.0 Å². The average Bonchev–Trinajstić information content (AvgIpc) is 1.75. The molecule has 1 aliphatic rings. The largest absolute Gasteiger partial charge is 0.391 e. The Morgan fingerprint density at radius 2 is 1.86 bits per heavy atom. The first-order chi connectivity index (χ1) is 6.02. The number of primary sulfonamides is 1. The fraction of sp³-hybridized carbons (Fsp3) is 1.00. The molecule has 1 saturated carbocycles. The third-order valence-electron chi connectivity index (χ3n) is 2.49. The van der Waals surface area contributed by atoms with Crippen molar-refractivity contribution >= 4 is 10.0 Å². The van der Waals surface area contributed by atoms with Crippen molar-refractivity contribution in [2.24, 2.45) is 16.5 Å². The molecule has 0 aromatic carbocycles. The SMILES string of the molecule is CC1(CS(N)(=O)=O)CC(C(F)(F)F)C1. The topological polar surface area (TPSA) is 60.2 Å². The Hall–Kier alpha value is -0.300. The Kier molecular flexibility index (Phi) is 2.60. The number of halogens is 3. The third kappa shape index (κ3) is 2.84. The highest BCUT2D eigenvalue weighted by Crippen LogP contribution is 2.52. The van der Waals surface area contributed by atoms with Crippen molar-refractivity contribution in [3.8, 4) is 0 Å². The van der Waals surface area contributed by atoms with Gasteiger partial charge in [-0.25, -0.2) is 13.6 Å². The molecule has 0 radical (unpaired) electrons. The molecule has 3 nitrogen and oxygen atoms in total. The second-order valence-electron chi connectivity index (χ2n) is 4.26. The summed E-state index contributed by atoms with van der Waals surface area (Å²) in [7, 11) is -3.68. The highest BCUT2D eigenvalue weighted by Gasteiger charge is 2.54. The van der Waals surface area contributed by atoms with Gasteiger partial charge in [0, 0.05) is 0 Å². The van der Waals surface area contributed by atoms with Gasteiger partial charge >= 0.3 is 6.18 Å². The fourth-order valence-electron chi connectivity index (χ4n) is 1.96. The van der Waals surface area contributed by atoms with E-state index in [1.54, 1.807) is 0 Å². The van der Waals surface area contributed by atoms with Crippen LogP contribution in [-0.2, 0) is 10.0 Å². The first kappa shape index (κ1) is 11.8. The van der Waals surface area contributed by atoms with E-state index in [4.69, 9.17) is 5.14 Å². The Bertz CT molecular complexity index is 316. The molecule has 0 saturated heterocycles. The molecule has 1 aliphatic carbocycles. The minimum atomic E-state index is -4.21. The molecular weight excluding hydrogens is 219 g/mol. The van der Waals surface area contributed by atoms with Gasteiger partial charge in [-0.15, -0.1) is 0 Å². The second kappa shape index (κ2) is 3.10. The summed E-state index contributed by atoms with van der Waals surface area (Å²) in [5.41, 5.74) is -0.798. The lowest BCUT2D eigenvalue weighted by Gasteiger charge is -2.45. The van der Waals surface area contributed by atoms with Gasteiger partial charge in [0.15, 0.2) is 0 Å². The van der Waals surface area contributed by atoms with Crippen LogP contribution >= 0.6 is 0 Å². The van der Waals surface area contributed by atoms with Gasteiger partial charge in [0.1, 0.15) is 0 Å². The van der Waals surface area contributed by atoms with Crippen molar-refractivity contribution in [1.29, 1.82) is 0 Å². The molecular formula is C7H12F3NO2S. The predicted octanol–water partition coefficient (Wildman–Crippen LogP) is 1.25. The monoisotopic (exact) mass is 231 g/mol. The van der Waals surface area contributed by atoms with Crippen LogP contribution < -0.4 is 5.14 Å². The minimum absolute atomic E-state index is 0.146. The van der Waals surface area contributed by atoms with Gasteiger partial charge in [0.05, 0.1) is 11.7 Å². The zero-order valence-electron chi connectivity index (χ0n) is 7.63. The van der Waals surface area contributed by atoms with E-state index in [0.717, 1.165) is 0 Å². The van der Waals surface area contributed by atoms with Crippen LogP contribution in [0.1, 0.15) is 19.8 Å². The molecule has 0 aliphatic heterocycles. The molecule has 0 atom stereocenters. The van der Waals surface area contributed by atoms with Crippen LogP contribution in [0, 0.1) is 11.3 Å². The zero-order valence-corrected chi connectivity index (χ0v) is 8.45. The van der Waals surface area contributed by atoms with Gasteiger partial charge in [-0.2, -0.15) is 13.2 Å². The minimum Gasteiger partial charge on any atom is -0.229 e. The summed E-state index contributed by atoms with van der Waals surface area (Å²) < 4.78 is 57.7. The normalized spacial score (nSPS) is 33.9. The lowest BCUT2D eigenvalue weighted by atomic mass is 9.64. The Labute approximate surface area is 80.5 Å². The highest BCUT2D eigenvalue weighted by molar-refractivity contribution is 7.89. The standard InChI is InChI=1S/C7H12F3NO2S/c1-6(4-14(11,12)13)2-5(3-6)7(8,9)10/h5H,2-4H2,1H3,(H2,11,12,13). The Morgan fingerprint density at radius 1 is 1.43 bits per heavy atom. The van der Waals surface area contributed by atoms with E-state index in [1.807, 2.05) is 0 Å². The number of sulfonamides is 1. The van der Waals surface area contributed by atoms with Crippen LogP contribution in [0.2, 0.25) is 0 Å². The van der Waals surface area contributed by atoms with Gasteiger partial charge in [-0.05, 0) is 18.3 Å². The van der Waals surface area contributed by atoms with Crippen LogP contribution in [0.4, 0.5) is 13.2 Å². The molecule has 0 aromatic rings. The molecule has 0 unspecified atom stereocenters. The van der Waals surface area contributed by atoms with E-state index in [0.29, 0.717) is 0 Å². The average molecular weight is 231 g/mol. The van der Waals surface area contributed by atoms with E-state index >= 15 is 0 Å². The van der Waals surface area contributed by atoms with Crippen molar-refractivity contribution < 1.29 is 21.6 Å². The number of hydrogen-bond donors (Lipinski definition) is 1. The van der Waals surface area contributed by atoms with Gasteiger partial charge in [-0.3, -0.25) is 0 Å². The summed E-state index contributed by atoms with van der Waals surface area (Å²) in [4.78, 5) is 0. The first-order valence-corrected chi connectivity index (χ1v) is 5.81. The lowest BCUT2D eigenvalue weighted by Crippen LogP contribution is -2.47. The van der Waals surface area contributed by atoms with Crippen LogP contribution in [-0.4, -0.2) is 20.3 Å². The molecule has 2 N–H and O–H groups in total. The molecule has 0 bridgehead atoms. The van der Waals surface area contributed by atoms with Crippen LogP contribution in [0.5, 0.6) is 0 Å². The van der Waals surface area contributed by atoms with E-state index in [2.05, 4.69) is 0 Å². The Balaban J connectivity index is 2.54. The second-order valence-corrected chi connectivity index (χ2v) is 5.88. The van der Waals surface area contributed by atoms with Crippen molar-refractivity contribution in [2.75, 3.05) is 5.75 Å². The number of nitrogens with two attached hydrogens (primary N) is 1. The molecule has 14 heavy (non-hydrogen) atoms. The molecule has 0 spiro atoms. The summed E-state index contributed by atoms with van der Waals surface area (Å²) in [5.74, 6) is -1.73. The maximum atomic E-state index is 12.1. The molecule has 1 rings (SSSR count). The molecule has 0 heterocycles. The van der Waals surface area contributed by atoms with Gasteiger partial charge < -0.3 is 0 Å². The molecule has 1 fully saturated rings. The summed E-state index contributed by atoms with van der Waals surface area (Å²) in [6, 6.07) is 0. The van der Waals surface area contributed by atoms with Gasteiger partial charge in [-0.1, -0.05) is 6.92 Å². The predicted molar refractivity (Wildman–Crippen MR) is 44.9 cm³/mol. The summed E-state index contributed by atoms with van der Waals surface area (Å²) >= 11 is 0. The van der Waals surface area contributed by atoms with Crippen LogP contribution in [0.25, 0.3) is 0 Å². The van der Waals surface area contributed by atoms with Crippen molar-refractivity contribution in [3.05, 3.63) is 0 Å². The maximum Gasteiger partial charge on any atom is 0.391 e. The number of alkyl halides is 3. The highest BCUT2D eigenvalue weighted by atomic mass is 32.2. The molecule has 7 heteroatoms. The number of hydrogen-bond acceptors (Lipinski definition) is 2. The van der Waals surface area contributed by atoms with E-state index in [-0.39, 0.29) is 18.6 Å². The van der Waals surface area contributed by atoms with Gasteiger partial charge in [0.25, 0.3) is 0 Å².